The standard InChI is InChI=1S/C8H12F3NO2/c1-2-14-6(13)7(8(9,10)11)4-3-5-12-7/h12H,2-5H2,1H3. The molecule has 0 spiro atoms. The van der Waals surface area contributed by atoms with Crippen molar-refractivity contribution in [2.45, 2.75) is 31.5 Å². The van der Waals surface area contributed by atoms with Crippen molar-refractivity contribution in [1.82, 2.24) is 5.32 Å². The highest BCUT2D eigenvalue weighted by atomic mass is 19.4. The molecule has 6 heteroatoms. The van der Waals surface area contributed by atoms with Crippen molar-refractivity contribution < 1.29 is 22.7 Å². The molecule has 1 aliphatic heterocycles. The van der Waals surface area contributed by atoms with E-state index in [0.29, 0.717) is 6.42 Å². The van der Waals surface area contributed by atoms with Crippen LogP contribution in [0.25, 0.3) is 0 Å². The fourth-order valence-electron chi connectivity index (χ4n) is 1.53. The molecule has 1 atom stereocenters. The van der Waals surface area contributed by atoms with Crippen molar-refractivity contribution in [3.05, 3.63) is 0 Å². The lowest BCUT2D eigenvalue weighted by Gasteiger charge is -2.29. The smallest absolute Gasteiger partial charge is 0.417 e. The maximum Gasteiger partial charge on any atom is 0.417 e. The van der Waals surface area contributed by atoms with Crippen LogP contribution in [0.4, 0.5) is 13.2 Å². The number of carbonyl (C=O) groups is 1. The van der Waals surface area contributed by atoms with Gasteiger partial charge in [-0.3, -0.25) is 5.32 Å². The first-order valence-corrected chi connectivity index (χ1v) is 4.43. The zero-order chi connectivity index (χ0) is 10.8. The second-order valence-electron chi connectivity index (χ2n) is 3.15. The minimum atomic E-state index is -4.59. The average molecular weight is 211 g/mol. The molecule has 0 amide bonds. The lowest BCUT2D eigenvalue weighted by Crippen LogP contribution is -2.59. The van der Waals surface area contributed by atoms with Gasteiger partial charge >= 0.3 is 12.1 Å². The number of alkyl halides is 3. The lowest BCUT2D eigenvalue weighted by molar-refractivity contribution is -0.209. The second kappa shape index (κ2) is 3.76. The van der Waals surface area contributed by atoms with Gasteiger partial charge in [-0.2, -0.15) is 13.2 Å². The first kappa shape index (κ1) is 11.3. The van der Waals surface area contributed by atoms with Gasteiger partial charge in [0.05, 0.1) is 6.61 Å². The molecule has 3 nitrogen and oxygen atoms in total. The lowest BCUT2D eigenvalue weighted by atomic mass is 9.97. The van der Waals surface area contributed by atoms with Gasteiger partial charge in [-0.25, -0.2) is 4.79 Å². The van der Waals surface area contributed by atoms with Crippen LogP contribution in [0.1, 0.15) is 19.8 Å². The summed E-state index contributed by atoms with van der Waals surface area (Å²) in [6.45, 7) is 1.63. The number of rotatable bonds is 2. The van der Waals surface area contributed by atoms with Crippen LogP contribution in [0, 0.1) is 0 Å². The fourth-order valence-corrected chi connectivity index (χ4v) is 1.53. The van der Waals surface area contributed by atoms with Gasteiger partial charge in [-0.15, -0.1) is 0 Å². The monoisotopic (exact) mass is 211 g/mol. The Kier molecular flexibility index (Phi) is 3.04. The summed E-state index contributed by atoms with van der Waals surface area (Å²) in [7, 11) is 0. The van der Waals surface area contributed by atoms with Crippen LogP contribution in [-0.4, -0.2) is 30.8 Å². The first-order chi connectivity index (χ1) is 6.44. The fraction of sp³-hybridized carbons (Fsp3) is 0.875. The maximum absolute atomic E-state index is 12.6. The minimum Gasteiger partial charge on any atom is -0.464 e. The summed E-state index contributed by atoms with van der Waals surface area (Å²) in [4.78, 5) is 11.2. The van der Waals surface area contributed by atoms with Gasteiger partial charge in [0, 0.05) is 0 Å². The molecular formula is C8H12F3NO2. The highest BCUT2D eigenvalue weighted by Gasteiger charge is 2.62. The van der Waals surface area contributed by atoms with E-state index in [-0.39, 0.29) is 19.6 Å². The third kappa shape index (κ3) is 1.70. The van der Waals surface area contributed by atoms with Crippen LogP contribution in [0.2, 0.25) is 0 Å². The number of carbonyl (C=O) groups excluding carboxylic acids is 1. The molecular weight excluding hydrogens is 199 g/mol. The molecule has 0 aliphatic carbocycles. The predicted molar refractivity (Wildman–Crippen MR) is 42.7 cm³/mol. The topological polar surface area (TPSA) is 38.3 Å². The van der Waals surface area contributed by atoms with Crippen LogP contribution in [0.15, 0.2) is 0 Å². The quantitative estimate of drug-likeness (QED) is 0.698. The second-order valence-corrected chi connectivity index (χ2v) is 3.15. The molecule has 0 aromatic rings. The van der Waals surface area contributed by atoms with Crippen LogP contribution < -0.4 is 5.32 Å². The highest BCUT2D eigenvalue weighted by molar-refractivity contribution is 5.82. The molecule has 1 unspecified atom stereocenters. The summed E-state index contributed by atoms with van der Waals surface area (Å²) in [5, 5.41) is 2.20. The van der Waals surface area contributed by atoms with E-state index in [1.165, 1.54) is 6.92 Å². The van der Waals surface area contributed by atoms with E-state index in [1.807, 2.05) is 0 Å². The number of ether oxygens (including phenoxy) is 1. The van der Waals surface area contributed by atoms with E-state index in [0.717, 1.165) is 0 Å². The van der Waals surface area contributed by atoms with E-state index in [1.54, 1.807) is 0 Å². The third-order valence-corrected chi connectivity index (χ3v) is 2.26. The molecule has 82 valence electrons. The predicted octanol–water partition coefficient (Wildman–Crippen LogP) is 1.23. The molecule has 1 fully saturated rings. The SMILES string of the molecule is CCOC(=O)C1(C(F)(F)F)CCCN1. The van der Waals surface area contributed by atoms with Gasteiger partial charge in [0.2, 0.25) is 5.54 Å². The molecule has 1 rings (SSSR count). The van der Waals surface area contributed by atoms with Crippen LogP contribution in [-0.2, 0) is 9.53 Å². The number of hydrogen-bond acceptors (Lipinski definition) is 3. The normalized spacial score (nSPS) is 27.7. The van der Waals surface area contributed by atoms with Crippen molar-refractivity contribution >= 4 is 5.97 Å². The molecule has 0 saturated carbocycles. The summed E-state index contributed by atoms with van der Waals surface area (Å²) in [5.74, 6) is -1.22. The van der Waals surface area contributed by atoms with Crippen molar-refractivity contribution in [1.29, 1.82) is 0 Å². The number of hydrogen-bond donors (Lipinski definition) is 1. The van der Waals surface area contributed by atoms with Gasteiger partial charge in [-0.1, -0.05) is 0 Å². The molecule has 0 aromatic carbocycles. The summed E-state index contributed by atoms with van der Waals surface area (Å²) >= 11 is 0. The minimum absolute atomic E-state index is 0.0433. The maximum atomic E-state index is 12.6. The number of halogens is 3. The van der Waals surface area contributed by atoms with E-state index < -0.39 is 17.7 Å². The van der Waals surface area contributed by atoms with Crippen molar-refractivity contribution in [2.24, 2.45) is 0 Å². The molecule has 0 aromatic heterocycles. The first-order valence-electron chi connectivity index (χ1n) is 4.43. The summed E-state index contributed by atoms with van der Waals surface area (Å²) in [6.07, 6.45) is -4.50. The largest absolute Gasteiger partial charge is 0.464 e. The zero-order valence-corrected chi connectivity index (χ0v) is 7.78. The van der Waals surface area contributed by atoms with Crippen molar-refractivity contribution in [3.63, 3.8) is 0 Å². The Balaban J connectivity index is 2.87. The Hall–Kier alpha value is -0.780. The Morgan fingerprint density at radius 3 is 2.57 bits per heavy atom. The van der Waals surface area contributed by atoms with Gasteiger partial charge in [0.15, 0.2) is 0 Å². The summed E-state index contributed by atoms with van der Waals surface area (Å²) in [5.41, 5.74) is -2.47. The van der Waals surface area contributed by atoms with Gasteiger partial charge in [-0.05, 0) is 26.3 Å². The molecule has 14 heavy (non-hydrogen) atoms. The third-order valence-electron chi connectivity index (χ3n) is 2.26. The summed E-state index contributed by atoms with van der Waals surface area (Å²) < 4.78 is 42.3. The van der Waals surface area contributed by atoms with Crippen molar-refractivity contribution in [2.75, 3.05) is 13.2 Å². The molecule has 0 radical (unpaired) electrons. The van der Waals surface area contributed by atoms with Crippen molar-refractivity contribution in [3.8, 4) is 0 Å². The molecule has 0 bridgehead atoms. The van der Waals surface area contributed by atoms with E-state index >= 15 is 0 Å². The van der Waals surface area contributed by atoms with Crippen LogP contribution >= 0.6 is 0 Å². The van der Waals surface area contributed by atoms with E-state index in [9.17, 15) is 18.0 Å². The Labute approximate surface area is 79.6 Å². The zero-order valence-electron chi connectivity index (χ0n) is 7.78. The highest BCUT2D eigenvalue weighted by Crippen LogP contribution is 2.37. The van der Waals surface area contributed by atoms with Crippen LogP contribution in [0.3, 0.4) is 0 Å². The Morgan fingerprint density at radius 2 is 2.21 bits per heavy atom. The molecule has 1 saturated heterocycles. The number of esters is 1. The van der Waals surface area contributed by atoms with Gasteiger partial charge in [0.1, 0.15) is 0 Å². The summed E-state index contributed by atoms with van der Waals surface area (Å²) in [6, 6.07) is 0. The van der Waals surface area contributed by atoms with E-state index in [2.05, 4.69) is 10.1 Å². The van der Waals surface area contributed by atoms with Gasteiger partial charge < -0.3 is 4.74 Å². The molecule has 1 aliphatic rings. The average Bonchev–Trinajstić information content (AvgIpc) is 2.51. The molecule has 1 N–H and O–H groups in total. The molecule has 1 heterocycles. The van der Waals surface area contributed by atoms with Crippen LogP contribution in [0.5, 0.6) is 0 Å². The van der Waals surface area contributed by atoms with Gasteiger partial charge in [0.25, 0.3) is 0 Å². The van der Waals surface area contributed by atoms with E-state index in [4.69, 9.17) is 0 Å². The Morgan fingerprint density at radius 1 is 1.57 bits per heavy atom. The number of nitrogens with one attached hydrogen (secondary N) is 1. The Bertz CT molecular complexity index is 221.